The van der Waals surface area contributed by atoms with Crippen molar-refractivity contribution in [2.24, 2.45) is 0 Å². The van der Waals surface area contributed by atoms with Crippen molar-refractivity contribution >= 4 is 46.5 Å². The maximum Gasteiger partial charge on any atom is 0.341 e. The van der Waals surface area contributed by atoms with E-state index in [1.807, 2.05) is 18.2 Å². The van der Waals surface area contributed by atoms with Crippen LogP contribution in [-0.2, 0) is 15.3 Å². The zero-order chi connectivity index (χ0) is 16.8. The molecule has 0 saturated heterocycles. The van der Waals surface area contributed by atoms with Crippen molar-refractivity contribution in [1.29, 1.82) is 0 Å². The number of esters is 1. The Kier molecular flexibility index (Phi) is 6.39. The van der Waals surface area contributed by atoms with Gasteiger partial charge in [-0.25, -0.2) is 4.79 Å². The highest BCUT2D eigenvalue weighted by Gasteiger charge is 2.16. The largest absolute Gasteiger partial charge is 0.515 e. The summed E-state index contributed by atoms with van der Waals surface area (Å²) in [7, 11) is 1.27. The monoisotopic (exact) mass is 368 g/mol. The second-order valence-electron chi connectivity index (χ2n) is 4.55. The summed E-state index contributed by atoms with van der Waals surface area (Å²) in [5.74, 6) is -0.0163. The normalized spacial score (nSPS) is 11.3. The van der Waals surface area contributed by atoms with Crippen LogP contribution in [0.4, 0.5) is 0 Å². The molecule has 0 fully saturated rings. The third-order valence-corrected chi connectivity index (χ3v) is 4.83. The zero-order valence-electron chi connectivity index (χ0n) is 12.3. The van der Waals surface area contributed by atoms with Gasteiger partial charge in [0.25, 0.3) is 0 Å². The molecule has 2 aromatic carbocycles. The fraction of sp³-hybridized carbons (Fsp3) is 0.118. The lowest BCUT2D eigenvalue weighted by molar-refractivity contribution is -0.133. The van der Waals surface area contributed by atoms with Crippen LogP contribution in [-0.4, -0.2) is 18.2 Å². The van der Waals surface area contributed by atoms with E-state index in [2.05, 4.69) is 0 Å². The summed E-state index contributed by atoms with van der Waals surface area (Å²) in [5.41, 5.74) is 1.60. The Balaban J connectivity index is 2.27. The number of methoxy groups -OCH3 is 1. The van der Waals surface area contributed by atoms with E-state index in [1.54, 1.807) is 24.3 Å². The maximum absolute atomic E-state index is 11.8. The molecule has 0 unspecified atom stereocenters. The number of benzene rings is 2. The number of carbonyl (C=O) groups is 1. The Morgan fingerprint density at radius 3 is 2.70 bits per heavy atom. The summed E-state index contributed by atoms with van der Waals surface area (Å²) < 4.78 is 4.70. The third kappa shape index (κ3) is 4.44. The van der Waals surface area contributed by atoms with Gasteiger partial charge in [0.05, 0.1) is 13.4 Å². The number of aliphatic hydroxyl groups excluding tert-OH is 1. The van der Waals surface area contributed by atoms with Crippen molar-refractivity contribution < 1.29 is 14.6 Å². The van der Waals surface area contributed by atoms with Crippen molar-refractivity contribution in [1.82, 2.24) is 0 Å². The van der Waals surface area contributed by atoms with Crippen molar-refractivity contribution in [2.75, 3.05) is 7.11 Å². The van der Waals surface area contributed by atoms with Crippen LogP contribution in [0.15, 0.2) is 53.6 Å². The summed E-state index contributed by atoms with van der Waals surface area (Å²) in [6, 6.07) is 12.6. The molecule has 3 nitrogen and oxygen atoms in total. The van der Waals surface area contributed by atoms with Gasteiger partial charge in [-0.15, -0.1) is 11.8 Å². The average Bonchev–Trinajstić information content (AvgIpc) is 2.57. The number of hydrogen-bond acceptors (Lipinski definition) is 4. The lowest BCUT2D eigenvalue weighted by Crippen LogP contribution is -2.05. The minimum atomic E-state index is -0.596. The van der Waals surface area contributed by atoms with Gasteiger partial charge in [-0.1, -0.05) is 41.4 Å². The fourth-order valence-electron chi connectivity index (χ4n) is 1.97. The predicted octanol–water partition coefficient (Wildman–Crippen LogP) is 5.36. The molecule has 0 radical (unpaired) electrons. The van der Waals surface area contributed by atoms with Crippen LogP contribution >= 0.6 is 35.0 Å². The maximum atomic E-state index is 11.8. The second kappa shape index (κ2) is 8.29. The van der Waals surface area contributed by atoms with Crippen LogP contribution in [0.5, 0.6) is 0 Å². The Bertz CT molecular complexity index is 744. The molecule has 23 heavy (non-hydrogen) atoms. The smallest absolute Gasteiger partial charge is 0.341 e. The molecule has 0 atom stereocenters. The first kappa shape index (κ1) is 17.7. The molecule has 1 N–H and O–H groups in total. The molecule has 0 aromatic heterocycles. The van der Waals surface area contributed by atoms with Crippen molar-refractivity contribution in [3.05, 3.63) is 69.9 Å². The van der Waals surface area contributed by atoms with Crippen LogP contribution in [0.1, 0.15) is 11.1 Å². The Hall–Kier alpha value is -1.62. The van der Waals surface area contributed by atoms with E-state index in [0.29, 0.717) is 21.4 Å². The second-order valence-corrected chi connectivity index (χ2v) is 6.42. The SMILES string of the molecule is COC(=O)C(=CO)c1ccccc1SCc1cc(Cl)ccc1Cl. The number of rotatable bonds is 5. The highest BCUT2D eigenvalue weighted by Crippen LogP contribution is 2.33. The van der Waals surface area contributed by atoms with Crippen LogP contribution in [0.2, 0.25) is 10.0 Å². The predicted molar refractivity (Wildman–Crippen MR) is 95.1 cm³/mol. The van der Waals surface area contributed by atoms with E-state index < -0.39 is 5.97 Å². The van der Waals surface area contributed by atoms with Gasteiger partial charge in [-0.2, -0.15) is 0 Å². The average molecular weight is 369 g/mol. The molecule has 0 heterocycles. The van der Waals surface area contributed by atoms with Gasteiger partial charge < -0.3 is 9.84 Å². The molecule has 0 aliphatic heterocycles. The number of aliphatic hydroxyl groups is 1. The van der Waals surface area contributed by atoms with E-state index in [0.717, 1.165) is 16.7 Å². The minimum Gasteiger partial charge on any atom is -0.515 e. The van der Waals surface area contributed by atoms with Gasteiger partial charge >= 0.3 is 5.97 Å². The van der Waals surface area contributed by atoms with Crippen molar-refractivity contribution in [3.63, 3.8) is 0 Å². The first-order valence-corrected chi connectivity index (χ1v) is 8.39. The standard InChI is InChI=1S/C17H14Cl2O3S/c1-22-17(21)14(9-20)13-4-2-3-5-16(13)23-10-11-8-12(18)6-7-15(11)19/h2-9,20H,10H2,1H3. The Morgan fingerprint density at radius 2 is 2.00 bits per heavy atom. The summed E-state index contributed by atoms with van der Waals surface area (Å²) in [6.07, 6.45) is 0.761. The Morgan fingerprint density at radius 1 is 1.26 bits per heavy atom. The van der Waals surface area contributed by atoms with E-state index in [-0.39, 0.29) is 5.57 Å². The van der Waals surface area contributed by atoms with Crippen molar-refractivity contribution in [2.45, 2.75) is 10.6 Å². The van der Waals surface area contributed by atoms with Gasteiger partial charge in [0.15, 0.2) is 0 Å². The van der Waals surface area contributed by atoms with E-state index in [9.17, 15) is 9.90 Å². The van der Waals surface area contributed by atoms with Crippen LogP contribution in [0.3, 0.4) is 0 Å². The molecule has 0 aliphatic carbocycles. The molecule has 2 rings (SSSR count). The summed E-state index contributed by atoms with van der Waals surface area (Å²) in [4.78, 5) is 12.6. The molecule has 0 aliphatic rings. The number of halogens is 2. The lowest BCUT2D eigenvalue weighted by Gasteiger charge is -2.11. The molecule has 6 heteroatoms. The summed E-state index contributed by atoms with van der Waals surface area (Å²) in [5, 5.41) is 10.6. The van der Waals surface area contributed by atoms with Gasteiger partial charge in [-0.05, 0) is 29.8 Å². The van der Waals surface area contributed by atoms with Crippen LogP contribution in [0, 0.1) is 0 Å². The number of hydrogen-bond donors (Lipinski definition) is 1. The minimum absolute atomic E-state index is 0.104. The van der Waals surface area contributed by atoms with Crippen LogP contribution < -0.4 is 0 Å². The third-order valence-electron chi connectivity index (χ3n) is 3.10. The molecular weight excluding hydrogens is 355 g/mol. The van der Waals surface area contributed by atoms with E-state index in [4.69, 9.17) is 27.9 Å². The molecule has 0 bridgehead atoms. The number of thioether (sulfide) groups is 1. The Labute approximate surface area is 148 Å². The van der Waals surface area contributed by atoms with Gasteiger partial charge in [0.2, 0.25) is 0 Å². The molecule has 0 saturated carbocycles. The first-order valence-electron chi connectivity index (χ1n) is 6.65. The molecule has 0 amide bonds. The molecule has 2 aromatic rings. The fourth-order valence-corrected chi connectivity index (χ4v) is 3.48. The quantitative estimate of drug-likeness (QED) is 0.334. The zero-order valence-corrected chi connectivity index (χ0v) is 14.6. The van der Waals surface area contributed by atoms with Gasteiger partial charge in [-0.3, -0.25) is 0 Å². The summed E-state index contributed by atoms with van der Waals surface area (Å²) in [6.45, 7) is 0. The lowest BCUT2D eigenvalue weighted by atomic mass is 10.1. The molecular formula is C17H14Cl2O3S. The van der Waals surface area contributed by atoms with Crippen molar-refractivity contribution in [3.8, 4) is 0 Å². The van der Waals surface area contributed by atoms with E-state index >= 15 is 0 Å². The van der Waals surface area contributed by atoms with E-state index in [1.165, 1.54) is 18.9 Å². The molecule has 120 valence electrons. The van der Waals surface area contributed by atoms with Gasteiger partial charge in [0.1, 0.15) is 5.57 Å². The van der Waals surface area contributed by atoms with Crippen LogP contribution in [0.25, 0.3) is 5.57 Å². The highest BCUT2D eigenvalue weighted by molar-refractivity contribution is 7.98. The number of ether oxygens (including phenoxy) is 1. The topological polar surface area (TPSA) is 46.5 Å². The summed E-state index contributed by atoms with van der Waals surface area (Å²) >= 11 is 13.7. The molecule has 0 spiro atoms. The number of carbonyl (C=O) groups excluding carboxylic acids is 1. The van der Waals surface area contributed by atoms with Gasteiger partial charge in [0, 0.05) is 26.3 Å². The first-order chi connectivity index (χ1) is 11.1. The highest BCUT2D eigenvalue weighted by atomic mass is 35.5.